The Kier molecular flexibility index (Phi) is 4.25. The third-order valence-electron chi connectivity index (χ3n) is 9.20. The van der Waals surface area contributed by atoms with Crippen LogP contribution in [0.5, 0.6) is 0 Å². The van der Waals surface area contributed by atoms with E-state index in [0.717, 1.165) is 49.2 Å². The number of fused-ring (bicyclic) bond motifs is 6. The fourth-order valence-electron chi connectivity index (χ4n) is 6.93. The Morgan fingerprint density at radius 2 is 0.857 bits per heavy atom. The highest BCUT2D eigenvalue weighted by molar-refractivity contribution is 6.22. The molecule has 0 radical (unpaired) electrons. The van der Waals surface area contributed by atoms with Crippen molar-refractivity contribution in [2.75, 3.05) is 0 Å². The second-order valence-corrected chi connectivity index (χ2v) is 12.0. The van der Waals surface area contributed by atoms with Crippen LogP contribution in [0.3, 0.4) is 0 Å². The van der Waals surface area contributed by atoms with E-state index >= 15 is 0 Å². The average molecular weight is 634 g/mol. The number of hydrogen-bond acceptors (Lipinski definition) is 1. The normalized spacial score (nSPS) is 14.8. The maximum Gasteiger partial charge on any atom is 0.135 e. The van der Waals surface area contributed by atoms with Gasteiger partial charge in [0.15, 0.2) is 0 Å². The molecule has 0 fully saturated rings. The van der Waals surface area contributed by atoms with Gasteiger partial charge in [-0.15, -0.1) is 0 Å². The van der Waals surface area contributed by atoms with Crippen LogP contribution in [0.15, 0.2) is 186 Å². The highest BCUT2D eigenvalue weighted by atomic mass is 16.3. The molecule has 0 aliphatic rings. The van der Waals surface area contributed by atoms with Gasteiger partial charge in [0, 0.05) is 10.8 Å². The maximum absolute atomic E-state index is 9.80. The van der Waals surface area contributed by atoms with Crippen LogP contribution < -0.4 is 0 Å². The smallest absolute Gasteiger partial charge is 0.135 e. The Bertz CT molecular complexity index is 3410. The minimum Gasteiger partial charge on any atom is -0.456 e. The van der Waals surface area contributed by atoms with Crippen LogP contribution in [-0.2, 0) is 0 Å². The fourth-order valence-corrected chi connectivity index (χ4v) is 6.93. The lowest BCUT2D eigenvalue weighted by Crippen LogP contribution is -1.91. The highest BCUT2D eigenvalue weighted by Gasteiger charge is 2.18. The Morgan fingerprint density at radius 3 is 1.51 bits per heavy atom. The third kappa shape index (κ3) is 4.55. The zero-order valence-electron chi connectivity index (χ0n) is 36.9. The van der Waals surface area contributed by atoms with Crippen molar-refractivity contribution in [2.45, 2.75) is 0 Å². The Labute approximate surface area is 299 Å². The molecule has 49 heavy (non-hydrogen) atoms. The molecule has 1 aromatic heterocycles. The van der Waals surface area contributed by atoms with Gasteiger partial charge in [0.05, 0.1) is 15.1 Å². The van der Waals surface area contributed by atoms with Crippen molar-refractivity contribution in [3.05, 3.63) is 182 Å². The summed E-state index contributed by atoms with van der Waals surface area (Å²) < 4.78 is 103. The van der Waals surface area contributed by atoms with Gasteiger partial charge in [0.2, 0.25) is 0 Å². The number of furan rings is 1. The fraction of sp³-hybridized carbons (Fsp3) is 0. The van der Waals surface area contributed by atoms with E-state index in [1.54, 1.807) is 0 Å². The summed E-state index contributed by atoms with van der Waals surface area (Å²) in [6.45, 7) is 0. The van der Waals surface area contributed by atoms with E-state index in [1.165, 1.54) is 5.39 Å². The third-order valence-corrected chi connectivity index (χ3v) is 9.20. The Hall–Kier alpha value is -6.44. The minimum absolute atomic E-state index is 0.0466. The van der Waals surface area contributed by atoms with E-state index in [4.69, 9.17) is 14.0 Å². The van der Waals surface area contributed by atoms with E-state index in [1.807, 2.05) is 60.7 Å². The van der Waals surface area contributed by atoms with Gasteiger partial charge >= 0.3 is 0 Å². The summed E-state index contributed by atoms with van der Waals surface area (Å²) in [6, 6.07) is 32.7. The molecule has 0 aliphatic heterocycles. The minimum atomic E-state index is -0.660. The molecule has 0 atom stereocenters. The van der Waals surface area contributed by atoms with E-state index in [2.05, 4.69) is 54.6 Å². The van der Waals surface area contributed by atoms with Crippen LogP contribution in [-0.4, -0.2) is 0 Å². The summed E-state index contributed by atoms with van der Waals surface area (Å²) in [7, 11) is 0. The molecular weight excluding hydrogens is 593 g/mol. The first-order chi connectivity index (χ1) is 28.9. The molecule has 10 rings (SSSR count). The van der Waals surface area contributed by atoms with Gasteiger partial charge in [-0.3, -0.25) is 0 Å². The summed E-state index contributed by atoms with van der Waals surface area (Å²) in [5.41, 5.74) is 3.39. The monoisotopic (exact) mass is 633 g/mol. The first-order valence-corrected chi connectivity index (χ1v) is 15.9. The molecular formula is C48H30O. The summed E-state index contributed by atoms with van der Waals surface area (Å²) in [5, 5.41) is 5.30. The van der Waals surface area contributed by atoms with Crippen molar-refractivity contribution in [1.29, 1.82) is 0 Å². The molecule has 0 unspecified atom stereocenters. The molecule has 1 nitrogen and oxygen atoms in total. The molecule has 10 aromatic rings. The molecule has 0 N–H and O–H groups in total. The zero-order chi connectivity index (χ0) is 41.9. The summed E-state index contributed by atoms with van der Waals surface area (Å²) in [6.07, 6.45) is 0. The SMILES string of the molecule is [2H]c1c([2H])c([2H])c(-c2c([2H])c([2H])c3oc4c([2H])c([2H])c(-c5c6ccccc6c(-c6ccc(-c7ccc8ccccc8c7)cc6)c6ccccc56)c([2H])c4c3c2[2H])c([2H])c1[2H]. The molecule has 0 bridgehead atoms. The second-order valence-electron chi connectivity index (χ2n) is 12.0. The molecule has 1 heterocycles. The topological polar surface area (TPSA) is 13.1 Å². The molecule has 9 aromatic carbocycles. The number of rotatable bonds is 4. The van der Waals surface area contributed by atoms with Crippen LogP contribution in [0.25, 0.3) is 98.8 Å². The van der Waals surface area contributed by atoms with E-state index in [-0.39, 0.29) is 51.2 Å². The lowest BCUT2D eigenvalue weighted by molar-refractivity contribution is 0.669. The van der Waals surface area contributed by atoms with Crippen molar-refractivity contribution >= 4 is 54.3 Å². The quantitative estimate of drug-likeness (QED) is 0.176. The van der Waals surface area contributed by atoms with Crippen molar-refractivity contribution in [3.8, 4) is 44.5 Å². The van der Waals surface area contributed by atoms with Gasteiger partial charge in [-0.05, 0) is 107 Å². The first kappa shape index (κ1) is 18.8. The van der Waals surface area contributed by atoms with Gasteiger partial charge in [-0.25, -0.2) is 0 Å². The van der Waals surface area contributed by atoms with Crippen LogP contribution >= 0.6 is 0 Å². The van der Waals surface area contributed by atoms with Crippen LogP contribution in [0.4, 0.5) is 0 Å². The molecule has 228 valence electrons. The zero-order valence-corrected chi connectivity index (χ0v) is 25.9. The average Bonchev–Trinajstić information content (AvgIpc) is 3.69. The Morgan fingerprint density at radius 1 is 0.347 bits per heavy atom. The number of hydrogen-bond donors (Lipinski definition) is 0. The first-order valence-electron chi connectivity index (χ1n) is 21.4. The predicted molar refractivity (Wildman–Crippen MR) is 208 cm³/mol. The van der Waals surface area contributed by atoms with Crippen LogP contribution in [0, 0.1) is 0 Å². The van der Waals surface area contributed by atoms with Crippen LogP contribution in [0.2, 0.25) is 0 Å². The lowest BCUT2D eigenvalue weighted by Gasteiger charge is -2.18. The Balaban J connectivity index is 1.24. The maximum atomic E-state index is 9.80. The van der Waals surface area contributed by atoms with Gasteiger partial charge < -0.3 is 4.42 Å². The standard InChI is InChI=1S/C48H30O/c1-2-10-31(11-3-1)37-24-26-45-43(29-37)44-30-38(25-27-46(44)49-45)48-41-16-8-6-14-39(41)47(40-15-7-9-17-42(40)48)34-21-18-33(19-22-34)36-23-20-32-12-4-5-13-35(32)28-36/h1-30H/i1D,2D,3D,10D,11D,24D,25D,26D,27D,29D,30D. The van der Waals surface area contributed by atoms with Gasteiger partial charge in [-0.1, -0.05) is 151 Å². The van der Waals surface area contributed by atoms with Crippen LogP contribution in [0.1, 0.15) is 15.1 Å². The number of benzene rings is 9. The predicted octanol–water partition coefficient (Wildman–Crippen LogP) is 13.7. The largest absolute Gasteiger partial charge is 0.456 e. The van der Waals surface area contributed by atoms with Crippen molar-refractivity contribution in [3.63, 3.8) is 0 Å². The molecule has 0 aliphatic carbocycles. The summed E-state index contributed by atoms with van der Waals surface area (Å²) in [4.78, 5) is 0. The molecule has 0 amide bonds. The summed E-state index contributed by atoms with van der Waals surface area (Å²) in [5.74, 6) is 0. The lowest BCUT2D eigenvalue weighted by atomic mass is 9.85. The van der Waals surface area contributed by atoms with Gasteiger partial charge in [-0.2, -0.15) is 0 Å². The molecule has 1 heteroatoms. The van der Waals surface area contributed by atoms with Crippen molar-refractivity contribution in [1.82, 2.24) is 0 Å². The van der Waals surface area contributed by atoms with Gasteiger partial charge in [0.25, 0.3) is 0 Å². The van der Waals surface area contributed by atoms with Crippen molar-refractivity contribution < 1.29 is 19.5 Å². The summed E-state index contributed by atoms with van der Waals surface area (Å²) >= 11 is 0. The van der Waals surface area contributed by atoms with Gasteiger partial charge in [0.1, 0.15) is 11.2 Å². The molecule has 0 saturated carbocycles. The highest BCUT2D eigenvalue weighted by Crippen LogP contribution is 2.45. The van der Waals surface area contributed by atoms with E-state index in [0.29, 0.717) is 5.56 Å². The molecule has 0 saturated heterocycles. The van der Waals surface area contributed by atoms with E-state index < -0.39 is 53.9 Å². The van der Waals surface area contributed by atoms with E-state index in [9.17, 15) is 5.48 Å². The molecule has 0 spiro atoms. The second kappa shape index (κ2) is 11.1. The van der Waals surface area contributed by atoms with Crippen molar-refractivity contribution in [2.24, 2.45) is 0 Å².